The zero-order valence-corrected chi connectivity index (χ0v) is 51.4. The molecule has 0 aliphatic heterocycles. The zero-order chi connectivity index (χ0) is 55.7. The van der Waals surface area contributed by atoms with Gasteiger partial charge in [-0.3, -0.25) is 18.6 Å². The van der Waals surface area contributed by atoms with Crippen LogP contribution in [-0.2, 0) is 27.9 Å². The summed E-state index contributed by atoms with van der Waals surface area (Å²) >= 11 is 0. The average molecular weight is 1090 g/mol. The number of nitrogens with one attached hydrogen (secondary N) is 1. The lowest BCUT2D eigenvalue weighted by molar-refractivity contribution is -0.870. The number of esters is 1. The molecule has 2 N–H and O–H groups in total. The molecule has 76 heavy (non-hydrogen) atoms. The Kier molecular flexibility index (Phi) is 53.9. The van der Waals surface area contributed by atoms with Crippen LogP contribution in [0.15, 0.2) is 72.9 Å². The van der Waals surface area contributed by atoms with Gasteiger partial charge in [-0.1, -0.05) is 274 Å². The third kappa shape index (κ3) is 56.2. The summed E-state index contributed by atoms with van der Waals surface area (Å²) in [5.41, 5.74) is 0. The van der Waals surface area contributed by atoms with Crippen LogP contribution in [0.3, 0.4) is 0 Å². The lowest BCUT2D eigenvalue weighted by atomic mass is 10.0. The van der Waals surface area contributed by atoms with Crippen LogP contribution in [-0.4, -0.2) is 74.3 Å². The second-order valence-corrected chi connectivity index (χ2v) is 24.0. The lowest BCUT2D eigenvalue weighted by Gasteiger charge is -2.27. The van der Waals surface area contributed by atoms with Gasteiger partial charge in [0.1, 0.15) is 19.3 Å². The Bertz CT molecular complexity index is 1530. The molecule has 0 spiro atoms. The number of phosphoric ester groups is 1. The topological polar surface area (TPSA) is 111 Å². The first-order valence-corrected chi connectivity index (χ1v) is 33.3. The normalized spacial score (nSPS) is 14.1. The molecule has 0 aromatic rings. The summed E-state index contributed by atoms with van der Waals surface area (Å²) < 4.78 is 30.7. The van der Waals surface area contributed by atoms with Gasteiger partial charge in [0.15, 0.2) is 0 Å². The Balaban J connectivity index is 5.27. The number of amides is 1. The van der Waals surface area contributed by atoms with E-state index in [2.05, 4.69) is 86.8 Å². The van der Waals surface area contributed by atoms with E-state index in [1.54, 1.807) is 0 Å². The first kappa shape index (κ1) is 73.5. The summed E-state index contributed by atoms with van der Waals surface area (Å²) in [7, 11) is 1.46. The number of unbranched alkanes of at least 4 members (excludes halogenated alkanes) is 31. The van der Waals surface area contributed by atoms with Gasteiger partial charge in [-0.05, 0) is 70.3 Å². The number of hydrogen-bond donors (Lipinski definition) is 2. The number of likely N-dealkylation sites (N-methyl/N-ethyl adjacent to an activating group) is 1. The van der Waals surface area contributed by atoms with Crippen molar-refractivity contribution >= 4 is 19.7 Å². The molecule has 0 heterocycles. The van der Waals surface area contributed by atoms with Crippen molar-refractivity contribution in [3.63, 3.8) is 0 Å². The van der Waals surface area contributed by atoms with Crippen molar-refractivity contribution < 1.29 is 37.3 Å². The van der Waals surface area contributed by atoms with E-state index in [0.717, 1.165) is 77.0 Å². The molecule has 0 aromatic carbocycles. The SMILES string of the molecule is CC/C=C\C/C=C\C/C=C\C/C=C\C/C=C\CCCC(=O)NC(COP(=O)(O)OCC[N+](C)(C)C)C(/C=C/CCCCCCCCCCCC)OC(=O)CCCCCCCCCCCCCCCCCCCCCCC. The van der Waals surface area contributed by atoms with Crippen LogP contribution in [0.5, 0.6) is 0 Å². The van der Waals surface area contributed by atoms with Crippen molar-refractivity contribution in [3.8, 4) is 0 Å². The highest BCUT2D eigenvalue weighted by molar-refractivity contribution is 7.47. The van der Waals surface area contributed by atoms with E-state index in [4.69, 9.17) is 13.8 Å². The van der Waals surface area contributed by atoms with Crippen LogP contribution in [0.1, 0.15) is 284 Å². The van der Waals surface area contributed by atoms with Gasteiger partial charge in [-0.15, -0.1) is 0 Å². The monoisotopic (exact) mass is 1090 g/mol. The highest BCUT2D eigenvalue weighted by atomic mass is 31.2. The van der Waals surface area contributed by atoms with Crippen LogP contribution in [0.4, 0.5) is 0 Å². The fourth-order valence-electron chi connectivity index (χ4n) is 9.04. The van der Waals surface area contributed by atoms with E-state index in [1.807, 2.05) is 33.3 Å². The highest BCUT2D eigenvalue weighted by Crippen LogP contribution is 2.43. The molecule has 0 aliphatic rings. The lowest BCUT2D eigenvalue weighted by Crippen LogP contribution is -2.47. The van der Waals surface area contributed by atoms with Crippen LogP contribution in [0.25, 0.3) is 0 Å². The minimum Gasteiger partial charge on any atom is -0.456 e. The highest BCUT2D eigenvalue weighted by Gasteiger charge is 2.30. The zero-order valence-electron chi connectivity index (χ0n) is 50.5. The van der Waals surface area contributed by atoms with E-state index in [-0.39, 0.29) is 37.9 Å². The number of carbonyl (C=O) groups excluding carboxylic acids is 2. The average Bonchev–Trinajstić information content (AvgIpc) is 3.38. The Hall–Kier alpha value is -2.55. The molecule has 0 bridgehead atoms. The maximum Gasteiger partial charge on any atom is 0.472 e. The molecular formula is C66H122N2O7P+. The Morgan fingerprint density at radius 3 is 1.28 bits per heavy atom. The molecule has 10 heteroatoms. The summed E-state index contributed by atoms with van der Waals surface area (Å²) in [4.78, 5) is 37.7. The molecule has 9 nitrogen and oxygen atoms in total. The molecule has 3 atom stereocenters. The van der Waals surface area contributed by atoms with Crippen molar-refractivity contribution in [2.45, 2.75) is 296 Å². The standard InChI is InChI=1S/C66H121N2O7P/c1-7-10-13-16-19-22-25-28-30-32-33-34-35-37-39-41-44-47-50-53-56-59-66(70)75-64(57-54-51-48-45-42-27-24-21-18-15-12-9-3)63(62-74-76(71,72)73-61-60-68(4,5)6)67-65(69)58-55-52-49-46-43-40-38-36-31-29-26-23-20-17-14-11-8-2/h11,14,20,23,29,31,38,40,46,49,54,57,63-64H,7-10,12-13,15-19,21-22,24-28,30,32-37,39,41-45,47-48,50-53,55-56,58-62H2,1-6H3,(H-,67,69,71,72)/p+1/b14-11-,23-20-,31-29-,40-38-,49-46-,57-54+. The van der Waals surface area contributed by atoms with Crippen LogP contribution in [0, 0.1) is 0 Å². The molecule has 1 amide bonds. The Morgan fingerprint density at radius 2 is 0.855 bits per heavy atom. The Labute approximate surface area is 470 Å². The van der Waals surface area contributed by atoms with E-state index < -0.39 is 20.0 Å². The summed E-state index contributed by atoms with van der Waals surface area (Å²) in [6.45, 7) is 6.87. The van der Waals surface area contributed by atoms with Crippen molar-refractivity contribution in [1.29, 1.82) is 0 Å². The Morgan fingerprint density at radius 1 is 0.474 bits per heavy atom. The van der Waals surface area contributed by atoms with Gasteiger partial charge in [0.05, 0.1) is 33.8 Å². The molecule has 0 saturated carbocycles. The summed E-state index contributed by atoms with van der Waals surface area (Å²) in [6, 6.07) is -0.878. The number of allylic oxidation sites excluding steroid dienone is 11. The van der Waals surface area contributed by atoms with E-state index >= 15 is 0 Å². The fourth-order valence-corrected chi connectivity index (χ4v) is 9.77. The molecule has 442 valence electrons. The van der Waals surface area contributed by atoms with E-state index in [9.17, 15) is 19.0 Å². The van der Waals surface area contributed by atoms with Gasteiger partial charge >= 0.3 is 13.8 Å². The quantitative estimate of drug-likeness (QED) is 0.0205. The number of rotatable bonds is 57. The predicted molar refractivity (Wildman–Crippen MR) is 328 cm³/mol. The van der Waals surface area contributed by atoms with Gasteiger partial charge in [0, 0.05) is 12.8 Å². The first-order valence-electron chi connectivity index (χ1n) is 31.8. The molecule has 0 aliphatic carbocycles. The predicted octanol–water partition coefficient (Wildman–Crippen LogP) is 19.6. The number of hydrogen-bond acceptors (Lipinski definition) is 6. The van der Waals surface area contributed by atoms with E-state index in [0.29, 0.717) is 17.4 Å². The number of ether oxygens (including phenoxy) is 1. The first-order chi connectivity index (χ1) is 36.9. The second kappa shape index (κ2) is 55.8. The summed E-state index contributed by atoms with van der Waals surface area (Å²) in [6.07, 6.45) is 72.0. The van der Waals surface area contributed by atoms with Crippen molar-refractivity contribution in [1.82, 2.24) is 5.32 Å². The van der Waals surface area contributed by atoms with Crippen LogP contribution in [0.2, 0.25) is 0 Å². The van der Waals surface area contributed by atoms with E-state index in [1.165, 1.54) is 167 Å². The van der Waals surface area contributed by atoms with Gasteiger partial charge in [0.25, 0.3) is 0 Å². The summed E-state index contributed by atoms with van der Waals surface area (Å²) in [5.74, 6) is -0.566. The second-order valence-electron chi connectivity index (χ2n) is 22.6. The summed E-state index contributed by atoms with van der Waals surface area (Å²) in [5, 5.41) is 3.02. The minimum atomic E-state index is -4.46. The van der Waals surface area contributed by atoms with Gasteiger partial charge in [0.2, 0.25) is 5.91 Å². The fraction of sp³-hybridized carbons (Fsp3) is 0.788. The minimum absolute atomic E-state index is 0.0286. The van der Waals surface area contributed by atoms with Gasteiger partial charge < -0.3 is 19.4 Å². The van der Waals surface area contributed by atoms with Crippen LogP contribution < -0.4 is 5.32 Å². The molecule has 0 radical (unpaired) electrons. The molecular weight excluding hydrogens is 964 g/mol. The largest absolute Gasteiger partial charge is 0.472 e. The van der Waals surface area contributed by atoms with Gasteiger partial charge in [-0.25, -0.2) is 4.57 Å². The van der Waals surface area contributed by atoms with Crippen molar-refractivity contribution in [2.24, 2.45) is 0 Å². The van der Waals surface area contributed by atoms with Crippen molar-refractivity contribution in [3.05, 3.63) is 72.9 Å². The molecule has 0 saturated heterocycles. The van der Waals surface area contributed by atoms with Gasteiger partial charge in [-0.2, -0.15) is 0 Å². The molecule has 3 unspecified atom stereocenters. The smallest absolute Gasteiger partial charge is 0.456 e. The maximum absolute atomic E-state index is 13.5. The number of phosphoric acid groups is 1. The number of carbonyl (C=O) groups is 2. The maximum atomic E-state index is 13.5. The van der Waals surface area contributed by atoms with Crippen LogP contribution >= 0.6 is 7.82 Å². The molecule has 0 rings (SSSR count). The van der Waals surface area contributed by atoms with Crippen molar-refractivity contribution in [2.75, 3.05) is 40.9 Å². The third-order valence-electron chi connectivity index (χ3n) is 13.9. The number of nitrogens with zero attached hydrogens (tertiary/aromatic N) is 1. The molecule has 0 fully saturated rings. The third-order valence-corrected chi connectivity index (χ3v) is 14.9. The molecule has 0 aromatic heterocycles. The number of quaternary nitrogens is 1.